The van der Waals surface area contributed by atoms with E-state index in [0.717, 1.165) is 32.6 Å². The molecule has 1 rings (SSSR count). The van der Waals surface area contributed by atoms with E-state index in [1.165, 1.54) is 9.13 Å². The normalized spacial score (nSPS) is 12.6. The number of nitrogens with one attached hydrogen (secondary N) is 1. The molecule has 0 bridgehead atoms. The third-order valence-corrected chi connectivity index (χ3v) is 3.54. The van der Waals surface area contributed by atoms with Crippen LogP contribution >= 0.6 is 22.6 Å². The summed E-state index contributed by atoms with van der Waals surface area (Å²) in [6.07, 6.45) is 2.22. The first-order valence-electron chi connectivity index (χ1n) is 6.35. The van der Waals surface area contributed by atoms with Crippen molar-refractivity contribution in [2.45, 2.75) is 32.7 Å². The van der Waals surface area contributed by atoms with E-state index >= 15 is 0 Å². The van der Waals surface area contributed by atoms with Crippen LogP contribution in [0.25, 0.3) is 0 Å². The van der Waals surface area contributed by atoms with Gasteiger partial charge < -0.3 is 10.1 Å². The fraction of sp³-hybridized carbons (Fsp3) is 0.571. The van der Waals surface area contributed by atoms with Gasteiger partial charge >= 0.3 is 0 Å². The molecule has 0 spiro atoms. The molecule has 0 heterocycles. The summed E-state index contributed by atoms with van der Waals surface area (Å²) in [5.41, 5.74) is 1.35. The highest BCUT2D eigenvalue weighted by atomic mass is 127. The second kappa shape index (κ2) is 8.89. The van der Waals surface area contributed by atoms with Crippen LogP contribution in [0.5, 0.6) is 0 Å². The Labute approximate surface area is 118 Å². The van der Waals surface area contributed by atoms with Crippen molar-refractivity contribution < 1.29 is 4.74 Å². The standard InChI is InChI=1S/C14H22INO/c1-3-9-16-14(11-17-10-4-2)12-7-5-6-8-13(12)15/h5-8,14,16H,3-4,9-11H2,1-2H3. The molecule has 1 atom stereocenters. The van der Waals surface area contributed by atoms with Crippen LogP contribution in [-0.4, -0.2) is 19.8 Å². The maximum absolute atomic E-state index is 5.69. The Kier molecular flexibility index (Phi) is 7.81. The minimum Gasteiger partial charge on any atom is -0.379 e. The Morgan fingerprint density at radius 2 is 2.00 bits per heavy atom. The van der Waals surface area contributed by atoms with Crippen LogP contribution in [0.2, 0.25) is 0 Å². The van der Waals surface area contributed by atoms with E-state index in [4.69, 9.17) is 4.74 Å². The van der Waals surface area contributed by atoms with Crippen molar-refractivity contribution in [3.8, 4) is 0 Å². The highest BCUT2D eigenvalue weighted by molar-refractivity contribution is 14.1. The molecule has 2 nitrogen and oxygen atoms in total. The molecule has 1 unspecified atom stereocenters. The summed E-state index contributed by atoms with van der Waals surface area (Å²) in [7, 11) is 0. The van der Waals surface area contributed by atoms with Gasteiger partial charge in [0.15, 0.2) is 0 Å². The Morgan fingerprint density at radius 1 is 1.24 bits per heavy atom. The lowest BCUT2D eigenvalue weighted by Crippen LogP contribution is -2.27. The van der Waals surface area contributed by atoms with Crippen LogP contribution < -0.4 is 5.32 Å². The molecule has 3 heteroatoms. The largest absolute Gasteiger partial charge is 0.379 e. The number of benzene rings is 1. The number of hydrogen-bond donors (Lipinski definition) is 1. The van der Waals surface area contributed by atoms with E-state index in [1.807, 2.05) is 0 Å². The molecular weight excluding hydrogens is 325 g/mol. The van der Waals surface area contributed by atoms with Gasteiger partial charge in [-0.05, 0) is 53.6 Å². The van der Waals surface area contributed by atoms with E-state index in [-0.39, 0.29) is 0 Å². The molecule has 0 fully saturated rings. The molecule has 0 amide bonds. The number of rotatable bonds is 8. The van der Waals surface area contributed by atoms with Gasteiger partial charge in [0.25, 0.3) is 0 Å². The molecule has 0 saturated carbocycles. The molecular formula is C14H22INO. The summed E-state index contributed by atoms with van der Waals surface area (Å²) >= 11 is 2.39. The van der Waals surface area contributed by atoms with E-state index in [0.29, 0.717) is 6.04 Å². The highest BCUT2D eigenvalue weighted by Crippen LogP contribution is 2.20. The van der Waals surface area contributed by atoms with Gasteiger partial charge in [0.05, 0.1) is 12.6 Å². The van der Waals surface area contributed by atoms with Crippen LogP contribution in [0, 0.1) is 3.57 Å². The molecule has 17 heavy (non-hydrogen) atoms. The summed E-state index contributed by atoms with van der Waals surface area (Å²) in [5, 5.41) is 3.56. The zero-order chi connectivity index (χ0) is 12.5. The summed E-state index contributed by atoms with van der Waals surface area (Å²) < 4.78 is 6.99. The van der Waals surface area contributed by atoms with Crippen molar-refractivity contribution in [3.05, 3.63) is 33.4 Å². The number of hydrogen-bond acceptors (Lipinski definition) is 2. The summed E-state index contributed by atoms with van der Waals surface area (Å²) in [6, 6.07) is 8.82. The first-order valence-corrected chi connectivity index (χ1v) is 7.43. The summed E-state index contributed by atoms with van der Waals surface area (Å²) in [5.74, 6) is 0. The zero-order valence-corrected chi connectivity index (χ0v) is 12.9. The second-order valence-electron chi connectivity index (χ2n) is 4.10. The lowest BCUT2D eigenvalue weighted by atomic mass is 10.1. The van der Waals surface area contributed by atoms with Gasteiger partial charge in [-0.1, -0.05) is 32.0 Å². The van der Waals surface area contributed by atoms with Gasteiger partial charge in [0.2, 0.25) is 0 Å². The third kappa shape index (κ3) is 5.36. The minimum absolute atomic E-state index is 0.314. The maximum atomic E-state index is 5.69. The van der Waals surface area contributed by atoms with Crippen molar-refractivity contribution in [1.82, 2.24) is 5.32 Å². The van der Waals surface area contributed by atoms with E-state index in [2.05, 4.69) is 66.0 Å². The Bertz CT molecular complexity index is 317. The lowest BCUT2D eigenvalue weighted by molar-refractivity contribution is 0.112. The van der Waals surface area contributed by atoms with Gasteiger partial charge in [0.1, 0.15) is 0 Å². The van der Waals surface area contributed by atoms with Crippen LogP contribution in [0.1, 0.15) is 38.3 Å². The molecule has 0 aromatic heterocycles. The van der Waals surface area contributed by atoms with Gasteiger partial charge in [0, 0.05) is 10.2 Å². The number of halogens is 1. The van der Waals surface area contributed by atoms with Crippen molar-refractivity contribution in [1.29, 1.82) is 0 Å². The van der Waals surface area contributed by atoms with Crippen LogP contribution in [0.15, 0.2) is 24.3 Å². The average Bonchev–Trinajstić information content (AvgIpc) is 2.35. The number of ether oxygens (including phenoxy) is 1. The summed E-state index contributed by atoms with van der Waals surface area (Å²) in [6.45, 7) is 6.96. The monoisotopic (exact) mass is 347 g/mol. The SMILES string of the molecule is CCCNC(COCCC)c1ccccc1I. The second-order valence-corrected chi connectivity index (χ2v) is 5.27. The Morgan fingerprint density at radius 3 is 2.65 bits per heavy atom. The molecule has 0 aliphatic heterocycles. The molecule has 0 aliphatic rings. The Hall–Kier alpha value is -0.130. The van der Waals surface area contributed by atoms with Crippen molar-refractivity contribution in [2.24, 2.45) is 0 Å². The van der Waals surface area contributed by atoms with Crippen molar-refractivity contribution in [3.63, 3.8) is 0 Å². The topological polar surface area (TPSA) is 21.3 Å². The van der Waals surface area contributed by atoms with Crippen molar-refractivity contribution >= 4 is 22.6 Å². The van der Waals surface area contributed by atoms with Gasteiger partial charge in [-0.15, -0.1) is 0 Å². The quantitative estimate of drug-likeness (QED) is 0.571. The zero-order valence-electron chi connectivity index (χ0n) is 10.7. The predicted molar refractivity (Wildman–Crippen MR) is 81.3 cm³/mol. The minimum atomic E-state index is 0.314. The fourth-order valence-corrected chi connectivity index (χ4v) is 2.44. The van der Waals surface area contributed by atoms with Crippen LogP contribution in [0.3, 0.4) is 0 Å². The van der Waals surface area contributed by atoms with Crippen LogP contribution in [0.4, 0.5) is 0 Å². The van der Waals surface area contributed by atoms with E-state index < -0.39 is 0 Å². The van der Waals surface area contributed by atoms with Crippen LogP contribution in [-0.2, 0) is 4.74 Å². The molecule has 96 valence electrons. The van der Waals surface area contributed by atoms with Gasteiger partial charge in [-0.3, -0.25) is 0 Å². The lowest BCUT2D eigenvalue weighted by Gasteiger charge is -2.20. The molecule has 1 N–H and O–H groups in total. The highest BCUT2D eigenvalue weighted by Gasteiger charge is 2.13. The molecule has 0 aliphatic carbocycles. The van der Waals surface area contributed by atoms with Gasteiger partial charge in [-0.2, -0.15) is 0 Å². The predicted octanol–water partition coefficient (Wildman–Crippen LogP) is 3.76. The summed E-state index contributed by atoms with van der Waals surface area (Å²) in [4.78, 5) is 0. The molecule has 1 aromatic carbocycles. The smallest absolute Gasteiger partial charge is 0.0661 e. The first kappa shape index (κ1) is 14.9. The first-order chi connectivity index (χ1) is 8.29. The Balaban J connectivity index is 2.64. The third-order valence-electron chi connectivity index (χ3n) is 2.55. The average molecular weight is 347 g/mol. The van der Waals surface area contributed by atoms with E-state index in [9.17, 15) is 0 Å². The molecule has 0 radical (unpaired) electrons. The van der Waals surface area contributed by atoms with Crippen molar-refractivity contribution in [2.75, 3.05) is 19.8 Å². The maximum Gasteiger partial charge on any atom is 0.0661 e. The fourth-order valence-electron chi connectivity index (χ4n) is 1.68. The molecule has 1 aromatic rings. The van der Waals surface area contributed by atoms with E-state index in [1.54, 1.807) is 0 Å². The van der Waals surface area contributed by atoms with Gasteiger partial charge in [-0.25, -0.2) is 0 Å². The molecule has 0 saturated heterocycles.